The number of carbonyl (C=O) groups excluding carboxylic acids is 1. The third-order valence-electron chi connectivity index (χ3n) is 2.79. The molecule has 2 aromatic rings. The zero-order valence-electron chi connectivity index (χ0n) is 10.3. The average molecular weight is 262 g/mol. The molecule has 2 aromatic carbocycles. The SMILES string of the molecule is COC(=O)Cc1ccc(-c2cccc(F)c2F)cc1. The Morgan fingerprint density at radius 3 is 2.42 bits per heavy atom. The van der Waals surface area contributed by atoms with Gasteiger partial charge in [-0.2, -0.15) is 0 Å². The summed E-state index contributed by atoms with van der Waals surface area (Å²) in [5, 5.41) is 0. The quantitative estimate of drug-likeness (QED) is 0.793. The number of hydrogen-bond acceptors (Lipinski definition) is 2. The van der Waals surface area contributed by atoms with E-state index in [1.807, 2.05) is 0 Å². The first-order chi connectivity index (χ1) is 9.11. The lowest BCUT2D eigenvalue weighted by atomic mass is 10.0. The van der Waals surface area contributed by atoms with Gasteiger partial charge < -0.3 is 4.74 Å². The molecule has 0 fully saturated rings. The van der Waals surface area contributed by atoms with Gasteiger partial charge in [-0.25, -0.2) is 8.78 Å². The minimum absolute atomic E-state index is 0.155. The maximum absolute atomic E-state index is 13.6. The Bertz CT molecular complexity index is 592. The Balaban J connectivity index is 2.27. The van der Waals surface area contributed by atoms with Crippen molar-refractivity contribution < 1.29 is 18.3 Å². The Morgan fingerprint density at radius 1 is 1.11 bits per heavy atom. The number of carbonyl (C=O) groups is 1. The number of ether oxygens (including phenoxy) is 1. The first-order valence-electron chi connectivity index (χ1n) is 5.72. The van der Waals surface area contributed by atoms with Gasteiger partial charge in [0, 0.05) is 5.56 Å². The number of halogens is 2. The molecule has 2 nitrogen and oxygen atoms in total. The van der Waals surface area contributed by atoms with Crippen LogP contribution in [0.3, 0.4) is 0 Å². The summed E-state index contributed by atoms with van der Waals surface area (Å²) in [5.74, 6) is -2.09. The molecule has 19 heavy (non-hydrogen) atoms. The van der Waals surface area contributed by atoms with Crippen molar-refractivity contribution >= 4 is 5.97 Å². The van der Waals surface area contributed by atoms with Crippen LogP contribution in [-0.2, 0) is 16.0 Å². The van der Waals surface area contributed by atoms with E-state index in [4.69, 9.17) is 0 Å². The van der Waals surface area contributed by atoms with Crippen LogP contribution in [0.15, 0.2) is 42.5 Å². The van der Waals surface area contributed by atoms with E-state index in [0.29, 0.717) is 5.56 Å². The standard InChI is InChI=1S/C15H12F2O2/c1-19-14(18)9-10-5-7-11(8-6-10)12-3-2-4-13(16)15(12)17/h2-8H,9H2,1H3. The normalized spacial score (nSPS) is 10.3. The van der Waals surface area contributed by atoms with Crippen molar-refractivity contribution in [2.75, 3.05) is 7.11 Å². The summed E-state index contributed by atoms with van der Waals surface area (Å²) in [6, 6.07) is 10.7. The van der Waals surface area contributed by atoms with Gasteiger partial charge in [-0.3, -0.25) is 4.79 Å². The molecule has 0 aliphatic carbocycles. The largest absolute Gasteiger partial charge is 0.469 e. The lowest BCUT2D eigenvalue weighted by Gasteiger charge is -2.05. The minimum atomic E-state index is -0.879. The summed E-state index contributed by atoms with van der Waals surface area (Å²) in [5.41, 5.74) is 1.52. The molecule has 0 unspecified atom stereocenters. The topological polar surface area (TPSA) is 26.3 Å². The molecule has 0 saturated heterocycles. The lowest BCUT2D eigenvalue weighted by molar-refractivity contribution is -0.139. The van der Waals surface area contributed by atoms with E-state index in [0.717, 1.165) is 11.6 Å². The van der Waals surface area contributed by atoms with Gasteiger partial charge in [-0.1, -0.05) is 36.4 Å². The fraction of sp³-hybridized carbons (Fsp3) is 0.133. The summed E-state index contributed by atoms with van der Waals surface area (Å²) in [4.78, 5) is 11.1. The van der Waals surface area contributed by atoms with Crippen molar-refractivity contribution in [3.8, 4) is 11.1 Å². The molecule has 0 heterocycles. The van der Waals surface area contributed by atoms with Gasteiger partial charge in [0.05, 0.1) is 13.5 Å². The number of rotatable bonds is 3. The summed E-state index contributed by atoms with van der Waals surface area (Å²) in [6.45, 7) is 0. The summed E-state index contributed by atoms with van der Waals surface area (Å²) in [7, 11) is 1.32. The smallest absolute Gasteiger partial charge is 0.309 e. The van der Waals surface area contributed by atoms with Gasteiger partial charge in [0.15, 0.2) is 11.6 Å². The molecular weight excluding hydrogens is 250 g/mol. The fourth-order valence-electron chi connectivity index (χ4n) is 1.77. The maximum atomic E-state index is 13.6. The zero-order valence-corrected chi connectivity index (χ0v) is 10.3. The van der Waals surface area contributed by atoms with Crippen LogP contribution in [0.1, 0.15) is 5.56 Å². The Morgan fingerprint density at radius 2 is 1.79 bits per heavy atom. The molecule has 0 N–H and O–H groups in total. The van der Waals surface area contributed by atoms with Crippen LogP contribution in [0.25, 0.3) is 11.1 Å². The van der Waals surface area contributed by atoms with E-state index >= 15 is 0 Å². The molecule has 0 atom stereocenters. The van der Waals surface area contributed by atoms with Crippen LogP contribution in [0.2, 0.25) is 0 Å². The summed E-state index contributed by atoms with van der Waals surface area (Å²) >= 11 is 0. The fourth-order valence-corrected chi connectivity index (χ4v) is 1.77. The highest BCUT2D eigenvalue weighted by molar-refractivity contribution is 5.73. The lowest BCUT2D eigenvalue weighted by Crippen LogP contribution is -2.04. The molecule has 2 rings (SSSR count). The van der Waals surface area contributed by atoms with Crippen molar-refractivity contribution in [3.05, 3.63) is 59.7 Å². The zero-order chi connectivity index (χ0) is 13.8. The van der Waals surface area contributed by atoms with Crippen LogP contribution in [0.5, 0.6) is 0 Å². The molecule has 0 saturated carbocycles. The Labute approximate surface area is 109 Å². The van der Waals surface area contributed by atoms with Crippen molar-refractivity contribution in [1.82, 2.24) is 0 Å². The average Bonchev–Trinajstić information content (AvgIpc) is 2.43. The van der Waals surface area contributed by atoms with Crippen LogP contribution in [0, 0.1) is 11.6 Å². The third-order valence-corrected chi connectivity index (χ3v) is 2.79. The maximum Gasteiger partial charge on any atom is 0.309 e. The monoisotopic (exact) mass is 262 g/mol. The number of hydrogen-bond donors (Lipinski definition) is 0. The van der Waals surface area contributed by atoms with Gasteiger partial charge in [0.1, 0.15) is 0 Å². The number of benzene rings is 2. The predicted molar refractivity (Wildman–Crippen MR) is 67.5 cm³/mol. The Hall–Kier alpha value is -2.23. The van der Waals surface area contributed by atoms with E-state index in [-0.39, 0.29) is 18.0 Å². The predicted octanol–water partition coefficient (Wildman–Crippen LogP) is 3.35. The minimum Gasteiger partial charge on any atom is -0.469 e. The molecule has 0 aromatic heterocycles. The highest BCUT2D eigenvalue weighted by atomic mass is 19.2. The molecule has 4 heteroatoms. The molecular formula is C15H12F2O2. The highest BCUT2D eigenvalue weighted by Gasteiger charge is 2.10. The van der Waals surface area contributed by atoms with Gasteiger partial charge >= 0.3 is 5.97 Å². The summed E-state index contributed by atoms with van der Waals surface area (Å²) in [6.07, 6.45) is 0.155. The molecule has 0 radical (unpaired) electrons. The van der Waals surface area contributed by atoms with Gasteiger partial charge in [0.2, 0.25) is 0 Å². The molecule has 0 amide bonds. The van der Waals surface area contributed by atoms with Crippen molar-refractivity contribution in [2.24, 2.45) is 0 Å². The van der Waals surface area contributed by atoms with Crippen LogP contribution in [0.4, 0.5) is 8.78 Å². The molecule has 0 aliphatic rings. The highest BCUT2D eigenvalue weighted by Crippen LogP contribution is 2.24. The van der Waals surface area contributed by atoms with E-state index in [1.165, 1.54) is 19.2 Å². The van der Waals surface area contributed by atoms with Gasteiger partial charge in [-0.15, -0.1) is 0 Å². The Kier molecular flexibility index (Phi) is 3.90. The molecule has 98 valence electrons. The first kappa shape index (κ1) is 13.2. The molecule has 0 spiro atoms. The van der Waals surface area contributed by atoms with Crippen molar-refractivity contribution in [2.45, 2.75) is 6.42 Å². The van der Waals surface area contributed by atoms with E-state index in [9.17, 15) is 13.6 Å². The second-order valence-electron chi connectivity index (χ2n) is 4.05. The van der Waals surface area contributed by atoms with E-state index < -0.39 is 11.6 Å². The van der Waals surface area contributed by atoms with Crippen molar-refractivity contribution in [3.63, 3.8) is 0 Å². The molecule has 0 bridgehead atoms. The van der Waals surface area contributed by atoms with Crippen molar-refractivity contribution in [1.29, 1.82) is 0 Å². The summed E-state index contributed by atoms with van der Waals surface area (Å²) < 4.78 is 31.3. The van der Waals surface area contributed by atoms with E-state index in [1.54, 1.807) is 24.3 Å². The van der Waals surface area contributed by atoms with Gasteiger partial charge in [0.25, 0.3) is 0 Å². The third kappa shape index (κ3) is 2.96. The second-order valence-corrected chi connectivity index (χ2v) is 4.05. The van der Waals surface area contributed by atoms with Crippen LogP contribution < -0.4 is 0 Å². The number of esters is 1. The van der Waals surface area contributed by atoms with Crippen LogP contribution >= 0.6 is 0 Å². The van der Waals surface area contributed by atoms with Crippen LogP contribution in [-0.4, -0.2) is 13.1 Å². The van der Waals surface area contributed by atoms with E-state index in [2.05, 4.69) is 4.74 Å². The first-order valence-corrected chi connectivity index (χ1v) is 5.72. The molecule has 0 aliphatic heterocycles. The number of methoxy groups -OCH3 is 1. The second kappa shape index (κ2) is 5.61. The van der Waals surface area contributed by atoms with Gasteiger partial charge in [-0.05, 0) is 17.2 Å².